The number of rotatable bonds is 40. The minimum atomic E-state index is -1.60. The van der Waals surface area contributed by atoms with E-state index in [1.807, 2.05) is 0 Å². The van der Waals surface area contributed by atoms with E-state index in [-0.39, 0.29) is 26.1 Å². The lowest BCUT2D eigenvalue weighted by molar-refractivity contribution is -0.305. The summed E-state index contributed by atoms with van der Waals surface area (Å²) in [5, 5.41) is 40.2. The zero-order valence-corrected chi connectivity index (χ0v) is 38.8. The lowest BCUT2D eigenvalue weighted by Crippen LogP contribution is -2.59. The number of hydrogen-bond donors (Lipinski definition) is 4. The summed E-state index contributed by atoms with van der Waals surface area (Å²) in [6, 6.07) is 0. The molecule has 0 aromatic carbocycles. The lowest BCUT2D eigenvalue weighted by Gasteiger charge is -2.39. The number of carbonyl (C=O) groups is 2. The fourth-order valence-electron chi connectivity index (χ4n) is 6.97. The Morgan fingerprint density at radius 1 is 0.516 bits per heavy atom. The molecule has 1 fully saturated rings. The van der Waals surface area contributed by atoms with E-state index in [1.54, 1.807) is 0 Å². The molecule has 356 valence electrons. The van der Waals surface area contributed by atoms with E-state index in [4.69, 9.17) is 18.9 Å². The van der Waals surface area contributed by atoms with Gasteiger partial charge < -0.3 is 39.4 Å². The molecule has 62 heavy (non-hydrogen) atoms. The normalized spacial score (nSPS) is 20.3. The second kappa shape index (κ2) is 42.1. The van der Waals surface area contributed by atoms with Crippen LogP contribution < -0.4 is 0 Å². The van der Waals surface area contributed by atoms with Crippen molar-refractivity contribution in [2.45, 2.75) is 224 Å². The molecule has 6 atom stereocenters. The Morgan fingerprint density at radius 2 is 0.952 bits per heavy atom. The Labute approximate surface area is 376 Å². The molecule has 1 heterocycles. The van der Waals surface area contributed by atoms with Gasteiger partial charge in [-0.2, -0.15) is 0 Å². The molecular formula is C52H88O10. The molecule has 0 bridgehead atoms. The van der Waals surface area contributed by atoms with Gasteiger partial charge in [-0.25, -0.2) is 0 Å². The molecule has 0 radical (unpaired) electrons. The highest BCUT2D eigenvalue weighted by molar-refractivity contribution is 5.70. The third-order valence-electron chi connectivity index (χ3n) is 10.8. The van der Waals surface area contributed by atoms with Crippen LogP contribution in [0.15, 0.2) is 72.9 Å². The van der Waals surface area contributed by atoms with Gasteiger partial charge in [-0.3, -0.25) is 9.59 Å². The number of hydrogen-bond acceptors (Lipinski definition) is 10. The number of aliphatic hydroxyl groups is 4. The first-order valence-electron chi connectivity index (χ1n) is 24.5. The van der Waals surface area contributed by atoms with Crippen LogP contribution in [0.2, 0.25) is 0 Å². The van der Waals surface area contributed by atoms with Gasteiger partial charge >= 0.3 is 11.9 Å². The highest BCUT2D eigenvalue weighted by Gasteiger charge is 2.44. The van der Waals surface area contributed by atoms with Crippen LogP contribution in [0, 0.1) is 0 Å². The molecule has 1 rings (SSSR count). The molecule has 10 heteroatoms. The predicted octanol–water partition coefficient (Wildman–Crippen LogP) is 11.2. The third kappa shape index (κ3) is 32.8. The molecule has 0 amide bonds. The van der Waals surface area contributed by atoms with Crippen molar-refractivity contribution in [3.8, 4) is 0 Å². The summed E-state index contributed by atoms with van der Waals surface area (Å²) in [7, 11) is 0. The summed E-state index contributed by atoms with van der Waals surface area (Å²) in [5.41, 5.74) is 0. The molecule has 0 aromatic heterocycles. The zero-order chi connectivity index (χ0) is 45.1. The fourth-order valence-corrected chi connectivity index (χ4v) is 6.97. The van der Waals surface area contributed by atoms with Crippen LogP contribution in [-0.4, -0.2) is 89.0 Å². The first kappa shape index (κ1) is 57.2. The molecular weight excluding hydrogens is 785 g/mol. The van der Waals surface area contributed by atoms with E-state index in [2.05, 4.69) is 86.8 Å². The molecule has 1 aliphatic rings. The van der Waals surface area contributed by atoms with Crippen molar-refractivity contribution in [3.63, 3.8) is 0 Å². The molecule has 1 aliphatic heterocycles. The number of aliphatic hydroxyl groups excluding tert-OH is 4. The second-order valence-corrected chi connectivity index (χ2v) is 16.5. The maximum absolute atomic E-state index is 12.8. The van der Waals surface area contributed by atoms with E-state index in [0.29, 0.717) is 12.8 Å². The Bertz CT molecular complexity index is 1240. The number of allylic oxidation sites excluding steroid dienone is 12. The average molecular weight is 873 g/mol. The highest BCUT2D eigenvalue weighted by Crippen LogP contribution is 2.22. The maximum atomic E-state index is 12.8. The number of carbonyl (C=O) groups excluding carboxylic acids is 2. The molecule has 1 saturated heterocycles. The Kier molecular flexibility index (Phi) is 38.8. The van der Waals surface area contributed by atoms with Crippen LogP contribution in [0.25, 0.3) is 0 Å². The molecule has 10 nitrogen and oxygen atoms in total. The van der Waals surface area contributed by atoms with E-state index >= 15 is 0 Å². The van der Waals surface area contributed by atoms with Crippen LogP contribution in [0.4, 0.5) is 0 Å². The van der Waals surface area contributed by atoms with Crippen molar-refractivity contribution in [3.05, 3.63) is 72.9 Å². The largest absolute Gasteiger partial charge is 0.462 e. The lowest BCUT2D eigenvalue weighted by atomic mass is 9.99. The van der Waals surface area contributed by atoms with E-state index in [9.17, 15) is 30.0 Å². The van der Waals surface area contributed by atoms with Gasteiger partial charge in [0.15, 0.2) is 12.4 Å². The van der Waals surface area contributed by atoms with Crippen molar-refractivity contribution in [1.82, 2.24) is 0 Å². The molecule has 0 aromatic rings. The van der Waals surface area contributed by atoms with Gasteiger partial charge in [0.25, 0.3) is 0 Å². The standard InChI is InChI=1S/C52H88O10/c1-3-5-7-9-11-13-15-17-19-21-22-23-24-25-27-29-31-33-35-37-39-41-48(55)61-45(44-60-52-51(58)50(57)49(56)46(42-53)62-52)43-59-47(54)40-38-36-34-32-30-28-26-20-18-16-14-12-10-8-6-4-2/h5,7,11,13-14,16-17,19-20,22-23,26,45-46,49-53,56-58H,3-4,6,8-10,12,15,18,21,24-25,27-44H2,1-2H3/b7-5-,13-11-,16-14-,19-17-,23-22-,26-20-. The Balaban J connectivity index is 2.30. The summed E-state index contributed by atoms with van der Waals surface area (Å²) in [4.78, 5) is 25.4. The van der Waals surface area contributed by atoms with Gasteiger partial charge in [-0.05, 0) is 83.5 Å². The number of esters is 2. The van der Waals surface area contributed by atoms with Gasteiger partial charge in [0.05, 0.1) is 13.2 Å². The quantitative estimate of drug-likeness (QED) is 0.0266. The number of ether oxygens (including phenoxy) is 4. The van der Waals surface area contributed by atoms with Crippen LogP contribution >= 0.6 is 0 Å². The highest BCUT2D eigenvalue weighted by atomic mass is 16.7. The first-order valence-corrected chi connectivity index (χ1v) is 24.5. The second-order valence-electron chi connectivity index (χ2n) is 16.5. The summed E-state index contributed by atoms with van der Waals surface area (Å²) in [6.07, 6.45) is 46.1. The Morgan fingerprint density at radius 3 is 1.44 bits per heavy atom. The van der Waals surface area contributed by atoms with Crippen molar-refractivity contribution >= 4 is 11.9 Å². The molecule has 0 spiro atoms. The topological polar surface area (TPSA) is 152 Å². The van der Waals surface area contributed by atoms with Gasteiger partial charge in [0, 0.05) is 12.8 Å². The smallest absolute Gasteiger partial charge is 0.306 e. The van der Waals surface area contributed by atoms with E-state index in [0.717, 1.165) is 89.9 Å². The maximum Gasteiger partial charge on any atom is 0.306 e. The SMILES string of the molecule is CC/C=C\C/C=C\C/C=C\C/C=C\CCCCCCCCCCC(=O)OC(COC(=O)CCCCCCC/C=C\C/C=C\CCCCCC)COC1OC(CO)C(O)C(O)C1O. The van der Waals surface area contributed by atoms with Gasteiger partial charge in [-0.1, -0.05) is 164 Å². The van der Waals surface area contributed by atoms with Gasteiger partial charge in [0.2, 0.25) is 0 Å². The van der Waals surface area contributed by atoms with Crippen LogP contribution in [0.1, 0.15) is 187 Å². The fraction of sp³-hybridized carbons (Fsp3) is 0.731. The van der Waals surface area contributed by atoms with Crippen LogP contribution in [0.3, 0.4) is 0 Å². The van der Waals surface area contributed by atoms with Crippen LogP contribution in [0.5, 0.6) is 0 Å². The summed E-state index contributed by atoms with van der Waals surface area (Å²) in [5.74, 6) is -0.835. The minimum Gasteiger partial charge on any atom is -0.462 e. The summed E-state index contributed by atoms with van der Waals surface area (Å²) < 4.78 is 22.2. The molecule has 6 unspecified atom stereocenters. The zero-order valence-electron chi connectivity index (χ0n) is 38.8. The number of unbranched alkanes of at least 4 members (excludes halogenated alkanes) is 17. The van der Waals surface area contributed by atoms with E-state index in [1.165, 1.54) is 57.8 Å². The first-order chi connectivity index (χ1) is 30.3. The molecule has 4 N–H and O–H groups in total. The van der Waals surface area contributed by atoms with Crippen molar-refractivity contribution in [1.29, 1.82) is 0 Å². The minimum absolute atomic E-state index is 0.214. The molecule has 0 aliphatic carbocycles. The van der Waals surface area contributed by atoms with Crippen molar-refractivity contribution in [2.24, 2.45) is 0 Å². The average Bonchev–Trinajstić information content (AvgIpc) is 3.27. The van der Waals surface area contributed by atoms with Crippen molar-refractivity contribution in [2.75, 3.05) is 19.8 Å². The van der Waals surface area contributed by atoms with Gasteiger partial charge in [0.1, 0.15) is 31.0 Å². The summed E-state index contributed by atoms with van der Waals surface area (Å²) in [6.45, 7) is 3.27. The van der Waals surface area contributed by atoms with Gasteiger partial charge in [-0.15, -0.1) is 0 Å². The summed E-state index contributed by atoms with van der Waals surface area (Å²) >= 11 is 0. The predicted molar refractivity (Wildman–Crippen MR) is 251 cm³/mol. The third-order valence-corrected chi connectivity index (χ3v) is 10.8. The van der Waals surface area contributed by atoms with Crippen LogP contribution in [-0.2, 0) is 28.5 Å². The Hall–Kier alpha value is -2.86. The van der Waals surface area contributed by atoms with E-state index < -0.39 is 55.4 Å². The molecule has 0 saturated carbocycles. The van der Waals surface area contributed by atoms with Crippen molar-refractivity contribution < 1.29 is 49.0 Å². The monoisotopic (exact) mass is 873 g/mol.